The molecule has 160 valence electrons. The van der Waals surface area contributed by atoms with Gasteiger partial charge >= 0.3 is 0 Å². The molecule has 0 aliphatic carbocycles. The molecule has 2 saturated heterocycles. The summed E-state index contributed by atoms with van der Waals surface area (Å²) in [6.07, 6.45) is 2.20. The molecule has 0 spiro atoms. The van der Waals surface area contributed by atoms with Gasteiger partial charge in [0.05, 0.1) is 5.92 Å². The van der Waals surface area contributed by atoms with Crippen LogP contribution in [0.1, 0.15) is 45.6 Å². The molecule has 1 atom stereocenters. The monoisotopic (exact) mass is 400 g/mol. The Morgan fingerprint density at radius 2 is 1.66 bits per heavy atom. The number of hydrogen-bond donors (Lipinski definition) is 1. The van der Waals surface area contributed by atoms with Gasteiger partial charge in [-0.15, -0.1) is 0 Å². The molecule has 2 fully saturated rings. The van der Waals surface area contributed by atoms with E-state index in [2.05, 4.69) is 48.0 Å². The quantitative estimate of drug-likeness (QED) is 0.729. The molecule has 2 heterocycles. The molecule has 1 aromatic carbocycles. The summed E-state index contributed by atoms with van der Waals surface area (Å²) < 4.78 is 0. The van der Waals surface area contributed by atoms with Crippen molar-refractivity contribution in [3.63, 3.8) is 0 Å². The van der Waals surface area contributed by atoms with Gasteiger partial charge in [0, 0.05) is 57.4 Å². The van der Waals surface area contributed by atoms with Crippen LogP contribution in [0.15, 0.2) is 24.3 Å². The lowest BCUT2D eigenvalue weighted by Gasteiger charge is -2.34. The SMILES string of the molecule is CCC(CC)N1CC(C(=O)Nc2ccc(CN3CCN(CC)CC3)cc2)CC1=O. The van der Waals surface area contributed by atoms with Gasteiger partial charge in [-0.25, -0.2) is 0 Å². The molecule has 3 rings (SSSR count). The summed E-state index contributed by atoms with van der Waals surface area (Å²) in [5.74, 6) is -0.190. The summed E-state index contributed by atoms with van der Waals surface area (Å²) in [5.41, 5.74) is 2.08. The lowest BCUT2D eigenvalue weighted by atomic mass is 10.1. The van der Waals surface area contributed by atoms with Crippen LogP contribution in [0.25, 0.3) is 0 Å². The van der Waals surface area contributed by atoms with Gasteiger partial charge in [0.25, 0.3) is 0 Å². The first-order valence-corrected chi connectivity index (χ1v) is 11.2. The first-order valence-electron chi connectivity index (χ1n) is 11.2. The molecule has 1 N–H and O–H groups in total. The number of likely N-dealkylation sites (tertiary alicyclic amines) is 1. The molecule has 0 saturated carbocycles. The molecule has 6 heteroatoms. The highest BCUT2D eigenvalue weighted by Gasteiger charge is 2.36. The fourth-order valence-electron chi connectivity index (χ4n) is 4.45. The zero-order chi connectivity index (χ0) is 20.8. The molecule has 0 aromatic heterocycles. The van der Waals surface area contributed by atoms with Crippen LogP contribution < -0.4 is 5.32 Å². The van der Waals surface area contributed by atoms with Crippen LogP contribution in [0, 0.1) is 5.92 Å². The molecule has 2 aliphatic heterocycles. The van der Waals surface area contributed by atoms with Gasteiger partial charge in [-0.1, -0.05) is 32.9 Å². The number of carbonyl (C=O) groups is 2. The van der Waals surface area contributed by atoms with E-state index in [0.29, 0.717) is 13.0 Å². The second-order valence-corrected chi connectivity index (χ2v) is 8.31. The minimum atomic E-state index is -0.252. The molecule has 0 bridgehead atoms. The second-order valence-electron chi connectivity index (χ2n) is 8.31. The molecule has 2 amide bonds. The second kappa shape index (κ2) is 10.2. The van der Waals surface area contributed by atoms with Crippen molar-refractivity contribution >= 4 is 17.5 Å². The Balaban J connectivity index is 1.49. The lowest BCUT2D eigenvalue weighted by Crippen LogP contribution is -2.45. The summed E-state index contributed by atoms with van der Waals surface area (Å²) >= 11 is 0. The molecule has 6 nitrogen and oxygen atoms in total. The Morgan fingerprint density at radius 1 is 1.03 bits per heavy atom. The Bertz CT molecular complexity index is 679. The Morgan fingerprint density at radius 3 is 2.24 bits per heavy atom. The third kappa shape index (κ3) is 5.58. The van der Waals surface area contributed by atoms with E-state index in [1.807, 2.05) is 17.0 Å². The third-order valence-corrected chi connectivity index (χ3v) is 6.45. The summed E-state index contributed by atoms with van der Waals surface area (Å²) in [7, 11) is 0. The summed E-state index contributed by atoms with van der Waals surface area (Å²) in [5, 5.41) is 3.01. The van der Waals surface area contributed by atoms with Crippen LogP contribution in [-0.2, 0) is 16.1 Å². The number of nitrogens with one attached hydrogen (secondary N) is 1. The van der Waals surface area contributed by atoms with E-state index in [4.69, 9.17) is 0 Å². The van der Waals surface area contributed by atoms with E-state index < -0.39 is 0 Å². The van der Waals surface area contributed by atoms with E-state index in [0.717, 1.165) is 57.8 Å². The number of anilines is 1. The van der Waals surface area contributed by atoms with Crippen molar-refractivity contribution in [3.05, 3.63) is 29.8 Å². The van der Waals surface area contributed by atoms with Gasteiger partial charge in [0.15, 0.2) is 0 Å². The van der Waals surface area contributed by atoms with Crippen LogP contribution in [0.3, 0.4) is 0 Å². The topological polar surface area (TPSA) is 55.9 Å². The van der Waals surface area contributed by atoms with Crippen LogP contribution >= 0.6 is 0 Å². The zero-order valence-corrected chi connectivity index (χ0v) is 18.2. The summed E-state index contributed by atoms with van der Waals surface area (Å²) in [4.78, 5) is 31.8. The number of likely N-dealkylation sites (N-methyl/N-ethyl adjacent to an activating group) is 1. The first kappa shape index (κ1) is 21.8. The highest BCUT2D eigenvalue weighted by molar-refractivity contribution is 5.97. The van der Waals surface area contributed by atoms with Crippen LogP contribution in [0.4, 0.5) is 5.69 Å². The van der Waals surface area contributed by atoms with E-state index in [1.54, 1.807) is 0 Å². The minimum absolute atomic E-state index is 0.0461. The van der Waals surface area contributed by atoms with Crippen molar-refractivity contribution in [1.82, 2.24) is 14.7 Å². The van der Waals surface area contributed by atoms with Gasteiger partial charge in [-0.05, 0) is 37.1 Å². The fraction of sp³-hybridized carbons (Fsp3) is 0.652. The first-order chi connectivity index (χ1) is 14.0. The van der Waals surface area contributed by atoms with Crippen molar-refractivity contribution in [2.24, 2.45) is 5.92 Å². The zero-order valence-electron chi connectivity index (χ0n) is 18.2. The third-order valence-electron chi connectivity index (χ3n) is 6.45. The normalized spacial score (nSPS) is 21.2. The molecule has 1 aromatic rings. The molecule has 0 radical (unpaired) electrons. The van der Waals surface area contributed by atoms with E-state index in [1.165, 1.54) is 5.56 Å². The van der Waals surface area contributed by atoms with Gasteiger partial charge < -0.3 is 15.1 Å². The maximum atomic E-state index is 12.7. The summed E-state index contributed by atoms with van der Waals surface area (Å²) in [6.45, 7) is 13.5. The maximum absolute atomic E-state index is 12.7. The number of amides is 2. The fourth-order valence-corrected chi connectivity index (χ4v) is 4.45. The van der Waals surface area contributed by atoms with Crippen molar-refractivity contribution in [2.45, 2.75) is 52.6 Å². The van der Waals surface area contributed by atoms with E-state index in [9.17, 15) is 9.59 Å². The number of carbonyl (C=O) groups excluding carboxylic acids is 2. The predicted octanol–water partition coefficient (Wildman–Crippen LogP) is 2.80. The smallest absolute Gasteiger partial charge is 0.229 e. The molecular weight excluding hydrogens is 364 g/mol. The Kier molecular flexibility index (Phi) is 7.67. The van der Waals surface area contributed by atoms with E-state index >= 15 is 0 Å². The predicted molar refractivity (Wildman–Crippen MR) is 117 cm³/mol. The van der Waals surface area contributed by atoms with Crippen molar-refractivity contribution < 1.29 is 9.59 Å². The van der Waals surface area contributed by atoms with Crippen LogP contribution in [-0.4, -0.2) is 71.8 Å². The molecule has 2 aliphatic rings. The average Bonchev–Trinajstić information content (AvgIpc) is 3.13. The van der Waals surface area contributed by atoms with Crippen LogP contribution in [0.5, 0.6) is 0 Å². The van der Waals surface area contributed by atoms with Gasteiger partial charge in [-0.2, -0.15) is 0 Å². The standard InChI is InChI=1S/C23H36N4O2/c1-4-21(5-2)27-17-19(15-22(27)28)23(29)24-20-9-7-18(8-10-20)16-26-13-11-25(6-3)12-14-26/h7-10,19,21H,4-6,11-17H2,1-3H3,(H,24,29). The highest BCUT2D eigenvalue weighted by Crippen LogP contribution is 2.24. The number of rotatable bonds is 8. The van der Waals surface area contributed by atoms with Gasteiger partial charge in [0.1, 0.15) is 0 Å². The maximum Gasteiger partial charge on any atom is 0.229 e. The molecule has 1 unspecified atom stereocenters. The molecule has 29 heavy (non-hydrogen) atoms. The minimum Gasteiger partial charge on any atom is -0.339 e. The van der Waals surface area contributed by atoms with Gasteiger partial charge in [-0.3, -0.25) is 14.5 Å². The lowest BCUT2D eigenvalue weighted by molar-refractivity contribution is -0.130. The Labute approximate surface area is 175 Å². The van der Waals surface area contributed by atoms with Crippen molar-refractivity contribution in [1.29, 1.82) is 0 Å². The van der Waals surface area contributed by atoms with Crippen LogP contribution in [0.2, 0.25) is 0 Å². The summed E-state index contributed by atoms with van der Waals surface area (Å²) in [6, 6.07) is 8.39. The van der Waals surface area contributed by atoms with Gasteiger partial charge in [0.2, 0.25) is 11.8 Å². The number of nitrogens with zero attached hydrogens (tertiary/aromatic N) is 3. The highest BCUT2D eigenvalue weighted by atomic mass is 16.2. The number of hydrogen-bond acceptors (Lipinski definition) is 4. The Hall–Kier alpha value is -1.92. The number of piperazine rings is 1. The van der Waals surface area contributed by atoms with E-state index in [-0.39, 0.29) is 23.8 Å². The molecular formula is C23H36N4O2. The van der Waals surface area contributed by atoms with Crippen molar-refractivity contribution in [2.75, 3.05) is 44.6 Å². The number of benzene rings is 1. The van der Waals surface area contributed by atoms with Crippen molar-refractivity contribution in [3.8, 4) is 0 Å². The average molecular weight is 401 g/mol. The largest absolute Gasteiger partial charge is 0.339 e.